The minimum Gasteiger partial charge on any atom is -0.473 e. The summed E-state index contributed by atoms with van der Waals surface area (Å²) in [6.07, 6.45) is 0.403. The second-order valence-corrected chi connectivity index (χ2v) is 5.47. The van der Waals surface area contributed by atoms with Crippen molar-refractivity contribution in [3.8, 4) is 5.88 Å². The van der Waals surface area contributed by atoms with Gasteiger partial charge < -0.3 is 10.1 Å². The number of benzene rings is 1. The fraction of sp³-hybridized carbons (Fsp3) is 0.333. The topological polar surface area (TPSA) is 89.3 Å². The number of nitrogens with one attached hydrogen (secondary N) is 2. The summed E-state index contributed by atoms with van der Waals surface area (Å²) in [7, 11) is 1.94. The molecule has 1 aromatic carbocycles. The molecule has 0 saturated carbocycles. The Kier molecular flexibility index (Phi) is 8.29. The van der Waals surface area contributed by atoms with Gasteiger partial charge in [0.05, 0.1) is 0 Å². The van der Waals surface area contributed by atoms with Crippen molar-refractivity contribution in [2.45, 2.75) is 33.3 Å². The highest BCUT2D eigenvalue weighted by atomic mass is 16.5. The number of rotatable bonds is 6. The summed E-state index contributed by atoms with van der Waals surface area (Å²) in [6, 6.07) is 12.1. The van der Waals surface area contributed by atoms with Gasteiger partial charge in [0.2, 0.25) is 12.3 Å². The van der Waals surface area contributed by atoms with Crippen LogP contribution in [0.3, 0.4) is 0 Å². The van der Waals surface area contributed by atoms with E-state index in [1.807, 2.05) is 32.2 Å². The molecule has 0 aliphatic carbocycles. The van der Waals surface area contributed by atoms with Crippen LogP contribution in [0.25, 0.3) is 0 Å². The van der Waals surface area contributed by atoms with E-state index in [0.29, 0.717) is 24.8 Å². The van der Waals surface area contributed by atoms with Gasteiger partial charge in [0.15, 0.2) is 0 Å². The van der Waals surface area contributed by atoms with Crippen molar-refractivity contribution in [3.05, 3.63) is 53.2 Å². The van der Waals surface area contributed by atoms with Gasteiger partial charge in [0.25, 0.3) is 0 Å². The predicted octanol–water partition coefficient (Wildman–Crippen LogP) is 2.74. The lowest BCUT2D eigenvalue weighted by Gasteiger charge is -2.17. The van der Waals surface area contributed by atoms with Crippen LogP contribution in [0.15, 0.2) is 36.4 Å². The van der Waals surface area contributed by atoms with Crippen LogP contribution < -0.4 is 21.3 Å². The average molecular weight is 330 g/mol. The molecule has 0 aliphatic rings. The van der Waals surface area contributed by atoms with E-state index in [1.54, 1.807) is 5.43 Å². The van der Waals surface area contributed by atoms with Crippen LogP contribution in [0.5, 0.6) is 5.88 Å². The Morgan fingerprint density at radius 3 is 2.46 bits per heavy atom. The number of hydrogen-bond acceptors (Lipinski definition) is 5. The Labute approximate surface area is 143 Å². The van der Waals surface area contributed by atoms with Gasteiger partial charge in [-0.15, -0.1) is 0 Å². The summed E-state index contributed by atoms with van der Waals surface area (Å²) in [5.41, 5.74) is 6.34. The van der Waals surface area contributed by atoms with Crippen LogP contribution in [-0.2, 0) is 11.4 Å². The number of nitrogens with zero attached hydrogens (tertiary/aromatic N) is 1. The molecule has 6 nitrogen and oxygen atoms in total. The van der Waals surface area contributed by atoms with Crippen LogP contribution >= 0.6 is 0 Å². The third-order valence-electron chi connectivity index (χ3n) is 3.40. The van der Waals surface area contributed by atoms with Crippen molar-refractivity contribution in [3.63, 3.8) is 0 Å². The molecular weight excluding hydrogens is 304 g/mol. The summed E-state index contributed by atoms with van der Waals surface area (Å²) in [4.78, 5) is 13.3. The van der Waals surface area contributed by atoms with Crippen molar-refractivity contribution in [1.29, 1.82) is 0 Å². The molecule has 0 saturated heterocycles. The quantitative estimate of drug-likeness (QED) is 0.328. The third kappa shape index (κ3) is 5.89. The van der Waals surface area contributed by atoms with Gasteiger partial charge in [0.1, 0.15) is 6.61 Å². The highest BCUT2D eigenvalue weighted by molar-refractivity contribution is 5.55. The summed E-state index contributed by atoms with van der Waals surface area (Å²) in [6.45, 7) is 6.89. The van der Waals surface area contributed by atoms with Crippen molar-refractivity contribution in [2.75, 3.05) is 12.4 Å². The molecular formula is C18H26N4O2. The number of aromatic nitrogens is 1. The SMILES string of the molecule is CNc1cccc(C(C)C)c1COc1cccc(C)n1.NNC=O. The minimum absolute atomic E-state index is 0.403. The number of carbonyl (C=O) groups excluding carboxylic acids is 1. The highest BCUT2D eigenvalue weighted by Crippen LogP contribution is 2.27. The number of nitrogens with two attached hydrogens (primary N) is 1. The second-order valence-electron chi connectivity index (χ2n) is 5.47. The molecule has 130 valence electrons. The molecule has 0 aliphatic heterocycles. The molecule has 1 aromatic heterocycles. The lowest BCUT2D eigenvalue weighted by Crippen LogP contribution is -2.18. The molecule has 0 bridgehead atoms. The Balaban J connectivity index is 0.000000648. The maximum absolute atomic E-state index is 8.94. The van der Waals surface area contributed by atoms with Crippen LogP contribution in [0.2, 0.25) is 0 Å². The van der Waals surface area contributed by atoms with Crippen LogP contribution in [0, 0.1) is 6.92 Å². The summed E-state index contributed by atoms with van der Waals surface area (Å²) < 4.78 is 5.86. The third-order valence-corrected chi connectivity index (χ3v) is 3.40. The molecule has 0 spiro atoms. The van der Waals surface area contributed by atoms with Gasteiger partial charge in [0, 0.05) is 30.1 Å². The smallest absolute Gasteiger partial charge is 0.221 e. The van der Waals surface area contributed by atoms with Crippen LogP contribution in [0.1, 0.15) is 36.6 Å². The number of pyridine rings is 1. The number of carbonyl (C=O) groups is 1. The molecule has 2 aromatic rings. The maximum Gasteiger partial charge on any atom is 0.221 e. The first-order valence-corrected chi connectivity index (χ1v) is 7.79. The number of hydrogen-bond donors (Lipinski definition) is 3. The Bertz CT molecular complexity index is 645. The summed E-state index contributed by atoms with van der Waals surface area (Å²) in [5, 5.41) is 3.24. The molecule has 1 heterocycles. The van der Waals surface area contributed by atoms with Crippen LogP contribution in [0.4, 0.5) is 5.69 Å². The Hall–Kier alpha value is -2.60. The molecule has 2 rings (SSSR count). The first kappa shape index (κ1) is 19.4. The van der Waals surface area contributed by atoms with Crippen molar-refractivity contribution in [1.82, 2.24) is 10.4 Å². The maximum atomic E-state index is 8.94. The second kappa shape index (κ2) is 10.2. The largest absolute Gasteiger partial charge is 0.473 e. The van der Waals surface area contributed by atoms with Crippen molar-refractivity contribution in [2.24, 2.45) is 5.84 Å². The van der Waals surface area contributed by atoms with E-state index in [2.05, 4.69) is 48.2 Å². The van der Waals surface area contributed by atoms with Gasteiger partial charge in [-0.2, -0.15) is 0 Å². The van der Waals surface area contributed by atoms with Crippen molar-refractivity contribution < 1.29 is 9.53 Å². The van der Waals surface area contributed by atoms with Gasteiger partial charge >= 0.3 is 0 Å². The Morgan fingerprint density at radius 2 is 1.92 bits per heavy atom. The summed E-state index contributed by atoms with van der Waals surface area (Å²) in [5.74, 6) is 5.55. The molecule has 0 atom stereocenters. The molecule has 4 N–H and O–H groups in total. The van der Waals surface area contributed by atoms with E-state index in [1.165, 1.54) is 11.1 Å². The number of anilines is 1. The molecule has 0 unspecified atom stereocenters. The Morgan fingerprint density at radius 1 is 1.25 bits per heavy atom. The first-order valence-electron chi connectivity index (χ1n) is 7.79. The van der Waals surface area contributed by atoms with E-state index in [4.69, 9.17) is 9.53 Å². The zero-order valence-corrected chi connectivity index (χ0v) is 14.7. The lowest BCUT2D eigenvalue weighted by molar-refractivity contribution is -0.109. The number of aryl methyl sites for hydroxylation is 1. The molecule has 0 radical (unpaired) electrons. The predicted molar refractivity (Wildman–Crippen MR) is 96.8 cm³/mol. The first-order chi connectivity index (χ1) is 11.5. The number of hydrazine groups is 1. The lowest BCUT2D eigenvalue weighted by atomic mass is 9.96. The molecule has 24 heavy (non-hydrogen) atoms. The van der Waals surface area contributed by atoms with E-state index in [9.17, 15) is 0 Å². The minimum atomic E-state index is 0.403. The van der Waals surface area contributed by atoms with E-state index < -0.39 is 0 Å². The monoisotopic (exact) mass is 330 g/mol. The fourth-order valence-corrected chi connectivity index (χ4v) is 2.29. The van der Waals surface area contributed by atoms with E-state index in [0.717, 1.165) is 11.4 Å². The zero-order valence-electron chi connectivity index (χ0n) is 14.7. The fourth-order valence-electron chi connectivity index (χ4n) is 2.29. The summed E-state index contributed by atoms with van der Waals surface area (Å²) >= 11 is 0. The molecule has 1 amide bonds. The van der Waals surface area contributed by atoms with E-state index >= 15 is 0 Å². The standard InChI is InChI=1S/C17H22N2O.CH4N2O/c1-12(2)14-8-6-9-16(18-4)15(14)11-20-17-10-5-7-13(3)19-17;2-3-1-4/h5-10,12,18H,11H2,1-4H3;1H,2H2,(H,3,4). The average Bonchev–Trinajstić information content (AvgIpc) is 2.59. The molecule has 0 fully saturated rings. The molecule has 6 heteroatoms. The van der Waals surface area contributed by atoms with Gasteiger partial charge in [-0.3, -0.25) is 10.2 Å². The van der Waals surface area contributed by atoms with Gasteiger partial charge in [-0.25, -0.2) is 10.8 Å². The van der Waals surface area contributed by atoms with E-state index in [-0.39, 0.29) is 0 Å². The van der Waals surface area contributed by atoms with Crippen LogP contribution in [-0.4, -0.2) is 18.4 Å². The van der Waals surface area contributed by atoms with Gasteiger partial charge in [-0.1, -0.05) is 32.0 Å². The van der Waals surface area contributed by atoms with Gasteiger partial charge in [-0.05, 0) is 30.5 Å². The number of ether oxygens (including phenoxy) is 1. The normalized spacial score (nSPS) is 9.75. The van der Waals surface area contributed by atoms with Crippen molar-refractivity contribution >= 4 is 12.1 Å². The number of amides is 1. The highest BCUT2D eigenvalue weighted by Gasteiger charge is 2.11. The zero-order chi connectivity index (χ0) is 17.9.